The number of nitrogens with one attached hydrogen (secondary N) is 1. The Morgan fingerprint density at radius 1 is 1.40 bits per heavy atom. The number of nitrogens with zero attached hydrogens (tertiary/aromatic N) is 2. The van der Waals surface area contributed by atoms with E-state index in [0.717, 1.165) is 4.47 Å². The number of hydrogen-bond donors (Lipinski definition) is 1. The Hall–Kier alpha value is -1.69. The number of amides is 1. The van der Waals surface area contributed by atoms with Gasteiger partial charge in [0, 0.05) is 16.7 Å². The maximum Gasteiger partial charge on any atom is 0.295 e. The number of pyridine rings is 1. The lowest BCUT2D eigenvalue weighted by molar-refractivity contribution is 0.0987. The molecule has 2 aromatic heterocycles. The number of hydrogen-bond acceptors (Lipinski definition) is 4. The van der Waals surface area contributed by atoms with Gasteiger partial charge in [-0.3, -0.25) is 4.79 Å². The summed E-state index contributed by atoms with van der Waals surface area (Å²) in [5.74, 6) is 0.238. The maximum atomic E-state index is 11.5. The van der Waals surface area contributed by atoms with Crippen LogP contribution in [0.5, 0.6) is 0 Å². The predicted molar refractivity (Wildman–Crippen MR) is 56.4 cm³/mol. The average molecular weight is 268 g/mol. The summed E-state index contributed by atoms with van der Waals surface area (Å²) in [4.78, 5) is 15.5. The second-order valence-electron chi connectivity index (χ2n) is 2.69. The summed E-state index contributed by atoms with van der Waals surface area (Å²) in [6, 6.07) is 4.94. The van der Waals surface area contributed by atoms with E-state index in [-0.39, 0.29) is 11.7 Å². The summed E-state index contributed by atoms with van der Waals surface area (Å²) in [7, 11) is 0. The molecule has 0 atom stereocenters. The summed E-state index contributed by atoms with van der Waals surface area (Å²) < 4.78 is 5.54. The lowest BCUT2D eigenvalue weighted by atomic mass is 10.4. The van der Waals surface area contributed by atoms with Gasteiger partial charge in [-0.2, -0.15) is 0 Å². The van der Waals surface area contributed by atoms with Gasteiger partial charge in [0.1, 0.15) is 5.82 Å². The topological polar surface area (TPSA) is 68.0 Å². The summed E-state index contributed by atoms with van der Waals surface area (Å²) in [5.41, 5.74) is 0. The lowest BCUT2D eigenvalue weighted by Gasteiger charge is -2.00. The van der Waals surface area contributed by atoms with Gasteiger partial charge in [-0.1, -0.05) is 5.16 Å². The van der Waals surface area contributed by atoms with E-state index in [9.17, 15) is 4.79 Å². The van der Waals surface area contributed by atoms with E-state index in [1.54, 1.807) is 18.3 Å². The monoisotopic (exact) mass is 267 g/mol. The summed E-state index contributed by atoms with van der Waals surface area (Å²) in [6.45, 7) is 0. The van der Waals surface area contributed by atoms with Crippen LogP contribution in [-0.2, 0) is 0 Å². The number of rotatable bonds is 2. The van der Waals surface area contributed by atoms with Crippen molar-refractivity contribution in [2.75, 3.05) is 5.32 Å². The van der Waals surface area contributed by atoms with Crippen LogP contribution in [0.25, 0.3) is 0 Å². The second-order valence-corrected chi connectivity index (χ2v) is 3.61. The van der Waals surface area contributed by atoms with Crippen molar-refractivity contribution in [2.24, 2.45) is 0 Å². The predicted octanol–water partition coefficient (Wildman–Crippen LogP) is 2.08. The fourth-order valence-electron chi connectivity index (χ4n) is 0.961. The van der Waals surface area contributed by atoms with Crippen molar-refractivity contribution in [3.8, 4) is 0 Å². The van der Waals surface area contributed by atoms with E-state index in [1.165, 1.54) is 12.3 Å². The van der Waals surface area contributed by atoms with Gasteiger partial charge >= 0.3 is 0 Å². The highest BCUT2D eigenvalue weighted by Crippen LogP contribution is 2.11. The van der Waals surface area contributed by atoms with E-state index < -0.39 is 0 Å². The first-order chi connectivity index (χ1) is 7.25. The standard InChI is InChI=1S/C9H6BrN3O2/c10-6-1-2-8(11-5-6)13-9(14)7-3-4-12-15-7/h1-5H,(H,11,13,14). The van der Waals surface area contributed by atoms with Crippen molar-refractivity contribution < 1.29 is 9.32 Å². The van der Waals surface area contributed by atoms with Crippen molar-refractivity contribution in [1.82, 2.24) is 10.1 Å². The molecule has 0 aliphatic rings. The third-order valence-corrected chi connectivity index (χ3v) is 2.10. The Labute approximate surface area is 93.6 Å². The average Bonchev–Trinajstić information content (AvgIpc) is 2.74. The fourth-order valence-corrected chi connectivity index (χ4v) is 1.20. The van der Waals surface area contributed by atoms with E-state index >= 15 is 0 Å². The molecule has 1 N–H and O–H groups in total. The minimum absolute atomic E-state index is 0.153. The highest BCUT2D eigenvalue weighted by atomic mass is 79.9. The van der Waals surface area contributed by atoms with Crippen LogP contribution in [0, 0.1) is 0 Å². The van der Waals surface area contributed by atoms with Crippen molar-refractivity contribution in [1.29, 1.82) is 0 Å². The van der Waals surface area contributed by atoms with Crippen LogP contribution in [-0.4, -0.2) is 16.0 Å². The number of carbonyl (C=O) groups excluding carboxylic acids is 1. The Morgan fingerprint density at radius 3 is 2.87 bits per heavy atom. The molecule has 0 spiro atoms. The van der Waals surface area contributed by atoms with Gasteiger partial charge in [-0.15, -0.1) is 0 Å². The number of anilines is 1. The molecule has 0 radical (unpaired) electrons. The van der Waals surface area contributed by atoms with Gasteiger partial charge < -0.3 is 9.84 Å². The van der Waals surface area contributed by atoms with Crippen molar-refractivity contribution in [2.45, 2.75) is 0 Å². The second kappa shape index (κ2) is 4.22. The summed E-state index contributed by atoms with van der Waals surface area (Å²) >= 11 is 3.25. The molecule has 76 valence electrons. The Kier molecular flexibility index (Phi) is 2.77. The van der Waals surface area contributed by atoms with Crippen molar-refractivity contribution in [3.63, 3.8) is 0 Å². The molecule has 2 heterocycles. The number of halogens is 1. The van der Waals surface area contributed by atoms with Crippen LogP contribution >= 0.6 is 15.9 Å². The minimum Gasteiger partial charge on any atom is -0.351 e. The Bertz CT molecular complexity index is 453. The Balaban J connectivity index is 2.09. The molecule has 6 heteroatoms. The molecular formula is C9H6BrN3O2. The van der Waals surface area contributed by atoms with E-state index in [0.29, 0.717) is 5.82 Å². The van der Waals surface area contributed by atoms with Crippen LogP contribution in [0.4, 0.5) is 5.82 Å². The van der Waals surface area contributed by atoms with Gasteiger partial charge in [0.2, 0.25) is 5.76 Å². The van der Waals surface area contributed by atoms with Crippen molar-refractivity contribution in [3.05, 3.63) is 40.8 Å². The molecule has 15 heavy (non-hydrogen) atoms. The number of carbonyl (C=O) groups is 1. The highest BCUT2D eigenvalue weighted by molar-refractivity contribution is 9.10. The SMILES string of the molecule is O=C(Nc1ccc(Br)cn1)c1ccno1. The zero-order valence-electron chi connectivity index (χ0n) is 7.48. The summed E-state index contributed by atoms with van der Waals surface area (Å²) in [5, 5.41) is 6.00. The summed E-state index contributed by atoms with van der Waals surface area (Å²) in [6.07, 6.45) is 3.00. The first-order valence-electron chi connectivity index (χ1n) is 4.09. The van der Waals surface area contributed by atoms with Gasteiger partial charge in [0.25, 0.3) is 5.91 Å². The third kappa shape index (κ3) is 2.41. The van der Waals surface area contributed by atoms with Crippen LogP contribution in [0.2, 0.25) is 0 Å². The molecule has 0 fully saturated rings. The van der Waals surface area contributed by atoms with Gasteiger partial charge in [-0.05, 0) is 28.1 Å². The van der Waals surface area contributed by atoms with E-state index in [4.69, 9.17) is 4.52 Å². The fraction of sp³-hybridized carbons (Fsp3) is 0. The Morgan fingerprint density at radius 2 is 2.27 bits per heavy atom. The molecule has 0 aliphatic heterocycles. The van der Waals surface area contributed by atoms with E-state index in [1.807, 2.05) is 0 Å². The largest absolute Gasteiger partial charge is 0.351 e. The molecule has 0 bridgehead atoms. The first-order valence-corrected chi connectivity index (χ1v) is 4.88. The molecular weight excluding hydrogens is 262 g/mol. The normalized spacial score (nSPS) is 9.93. The third-order valence-electron chi connectivity index (χ3n) is 1.63. The first kappa shape index (κ1) is 9.85. The zero-order valence-corrected chi connectivity index (χ0v) is 9.06. The molecule has 0 saturated heterocycles. The molecule has 0 unspecified atom stereocenters. The van der Waals surface area contributed by atoms with Crippen molar-refractivity contribution >= 4 is 27.7 Å². The molecule has 2 rings (SSSR count). The van der Waals surface area contributed by atoms with Crippen LogP contribution in [0.1, 0.15) is 10.6 Å². The van der Waals surface area contributed by atoms with Crippen LogP contribution < -0.4 is 5.32 Å². The molecule has 0 saturated carbocycles. The molecule has 0 aliphatic carbocycles. The minimum atomic E-state index is -0.373. The van der Waals surface area contributed by atoms with E-state index in [2.05, 4.69) is 31.4 Å². The van der Waals surface area contributed by atoms with Gasteiger partial charge in [0.15, 0.2) is 0 Å². The lowest BCUT2D eigenvalue weighted by Crippen LogP contribution is -2.11. The molecule has 0 aromatic carbocycles. The zero-order chi connectivity index (χ0) is 10.7. The quantitative estimate of drug-likeness (QED) is 0.905. The smallest absolute Gasteiger partial charge is 0.295 e. The number of aromatic nitrogens is 2. The molecule has 5 nitrogen and oxygen atoms in total. The molecule has 2 aromatic rings. The maximum absolute atomic E-state index is 11.5. The van der Waals surface area contributed by atoms with Gasteiger partial charge in [-0.25, -0.2) is 4.98 Å². The van der Waals surface area contributed by atoms with Crippen LogP contribution in [0.15, 0.2) is 39.6 Å². The highest BCUT2D eigenvalue weighted by Gasteiger charge is 2.09. The van der Waals surface area contributed by atoms with Gasteiger partial charge in [0.05, 0.1) is 6.20 Å². The molecule has 1 amide bonds. The van der Waals surface area contributed by atoms with Crippen LogP contribution in [0.3, 0.4) is 0 Å².